The topological polar surface area (TPSA) is 57.7 Å². The molecule has 1 unspecified atom stereocenters. The molecule has 1 aliphatic rings. The van der Waals surface area contributed by atoms with Gasteiger partial charge in [0.1, 0.15) is 6.61 Å². The lowest BCUT2D eigenvalue weighted by Crippen LogP contribution is -2.44. The van der Waals surface area contributed by atoms with Gasteiger partial charge in [-0.15, -0.1) is 5.06 Å². The monoisotopic (exact) mass is 366 g/mol. The minimum absolute atomic E-state index is 0.314. The van der Waals surface area contributed by atoms with Crippen LogP contribution in [-0.4, -0.2) is 40.7 Å². The number of carbonyl (C=O) groups excluding carboxylic acids is 1. The molecular weight excluding hydrogens is 351 g/mol. The molecule has 1 saturated heterocycles. The second-order valence-corrected chi connectivity index (χ2v) is 6.06. The number of aromatic nitrogens is 1. The number of carbonyl (C=O) groups is 1. The summed E-state index contributed by atoms with van der Waals surface area (Å²) in [5.74, 6) is 0. The number of hydrogen-bond acceptors (Lipinski definition) is 5. The number of anilines is 1. The minimum atomic E-state index is -0.470. The highest BCUT2D eigenvalue weighted by molar-refractivity contribution is 6.35. The van der Waals surface area contributed by atoms with Gasteiger partial charge in [0.15, 0.2) is 6.29 Å². The Morgan fingerprint density at radius 1 is 1.29 bits per heavy atom. The van der Waals surface area contributed by atoms with E-state index in [9.17, 15) is 4.79 Å². The zero-order chi connectivity index (χ0) is 16.9. The molecule has 1 aromatic carbocycles. The summed E-state index contributed by atoms with van der Waals surface area (Å²) < 4.78 is 0. The predicted octanol–water partition coefficient (Wildman–Crippen LogP) is 2.99. The molecule has 1 aromatic heterocycles. The highest BCUT2D eigenvalue weighted by atomic mass is 35.5. The number of hydrogen-bond donors (Lipinski definition) is 1. The van der Waals surface area contributed by atoms with Crippen LogP contribution in [0.25, 0.3) is 0 Å². The van der Waals surface area contributed by atoms with E-state index in [1.165, 1.54) is 0 Å². The normalized spacial score (nSPS) is 17.9. The fourth-order valence-electron chi connectivity index (χ4n) is 2.40. The number of benzene rings is 1. The average Bonchev–Trinajstić information content (AvgIpc) is 2.99. The van der Waals surface area contributed by atoms with Crippen molar-refractivity contribution in [2.45, 2.75) is 12.9 Å². The third-order valence-corrected chi connectivity index (χ3v) is 4.18. The van der Waals surface area contributed by atoms with Gasteiger partial charge in [0.25, 0.3) is 0 Å². The zero-order valence-electron chi connectivity index (χ0n) is 12.7. The van der Waals surface area contributed by atoms with Crippen LogP contribution in [0.15, 0.2) is 42.6 Å². The maximum absolute atomic E-state index is 11.3. The van der Waals surface area contributed by atoms with Crippen molar-refractivity contribution in [3.63, 3.8) is 0 Å². The van der Waals surface area contributed by atoms with Gasteiger partial charge in [0.05, 0.1) is 16.4 Å². The van der Waals surface area contributed by atoms with Crippen molar-refractivity contribution in [3.8, 4) is 0 Å². The Hall–Kier alpha value is -1.86. The molecule has 0 radical (unpaired) electrons. The first-order valence-corrected chi connectivity index (χ1v) is 8.15. The van der Waals surface area contributed by atoms with Gasteiger partial charge in [0, 0.05) is 24.3 Å². The summed E-state index contributed by atoms with van der Waals surface area (Å²) in [5.41, 5.74) is 1.44. The fourth-order valence-corrected chi connectivity index (χ4v) is 2.75. The smallest absolute Gasteiger partial charge is 0.212 e. The minimum Gasteiger partial charge on any atom is -0.350 e. The lowest BCUT2D eigenvalue weighted by molar-refractivity contribution is -0.187. The van der Waals surface area contributed by atoms with E-state index in [1.54, 1.807) is 34.4 Å². The third-order valence-electron chi connectivity index (χ3n) is 3.62. The molecule has 2 heterocycles. The molecule has 0 saturated carbocycles. The van der Waals surface area contributed by atoms with Gasteiger partial charge < -0.3 is 10.2 Å². The van der Waals surface area contributed by atoms with Crippen LogP contribution in [0.2, 0.25) is 10.0 Å². The lowest BCUT2D eigenvalue weighted by Gasteiger charge is -2.29. The first kappa shape index (κ1) is 17.0. The molecule has 126 valence electrons. The Labute approximate surface area is 149 Å². The van der Waals surface area contributed by atoms with Crippen molar-refractivity contribution >= 4 is 35.3 Å². The van der Waals surface area contributed by atoms with Crippen molar-refractivity contribution in [1.29, 1.82) is 0 Å². The SMILES string of the molecule is O=CN1CCN(OCc2ccccn2)C1Nc1cc(Cl)ccc1Cl. The van der Waals surface area contributed by atoms with Crippen LogP contribution in [0.1, 0.15) is 5.69 Å². The molecular formula is C16H16Cl2N4O2. The standard InChI is InChI=1S/C16H16Cl2N4O2/c17-12-4-5-14(18)15(9-12)20-16-21(11-23)7-8-22(16)24-10-13-3-1-2-6-19-13/h1-6,9,11,16,20H,7-8,10H2. The number of halogens is 2. The van der Waals surface area contributed by atoms with Crippen molar-refractivity contribution in [1.82, 2.24) is 14.9 Å². The largest absolute Gasteiger partial charge is 0.350 e. The first-order chi connectivity index (χ1) is 11.7. The summed E-state index contributed by atoms with van der Waals surface area (Å²) >= 11 is 12.2. The van der Waals surface area contributed by atoms with E-state index in [4.69, 9.17) is 28.0 Å². The summed E-state index contributed by atoms with van der Waals surface area (Å²) in [6, 6.07) is 10.7. The first-order valence-electron chi connectivity index (χ1n) is 7.39. The molecule has 8 heteroatoms. The van der Waals surface area contributed by atoms with Gasteiger partial charge in [-0.1, -0.05) is 29.3 Å². The van der Waals surface area contributed by atoms with Crippen molar-refractivity contribution in [3.05, 3.63) is 58.3 Å². The summed E-state index contributed by atoms with van der Waals surface area (Å²) in [4.78, 5) is 22.9. The molecule has 6 nitrogen and oxygen atoms in total. The number of amides is 1. The van der Waals surface area contributed by atoms with Crippen molar-refractivity contribution in [2.75, 3.05) is 18.4 Å². The summed E-state index contributed by atoms with van der Waals surface area (Å²) in [5, 5.41) is 5.96. The van der Waals surface area contributed by atoms with Crippen LogP contribution in [0.4, 0.5) is 5.69 Å². The Bertz CT molecular complexity index is 702. The predicted molar refractivity (Wildman–Crippen MR) is 92.4 cm³/mol. The molecule has 1 fully saturated rings. The van der Waals surface area contributed by atoms with Crippen LogP contribution >= 0.6 is 23.2 Å². The van der Waals surface area contributed by atoms with E-state index < -0.39 is 6.29 Å². The summed E-state index contributed by atoms with van der Waals surface area (Å²) in [6.45, 7) is 1.43. The van der Waals surface area contributed by atoms with E-state index in [0.717, 1.165) is 12.1 Å². The number of nitrogens with zero attached hydrogens (tertiary/aromatic N) is 3. The molecule has 0 spiro atoms. The van der Waals surface area contributed by atoms with Crippen molar-refractivity contribution < 1.29 is 9.63 Å². The second-order valence-electron chi connectivity index (χ2n) is 5.22. The number of nitrogens with one attached hydrogen (secondary N) is 1. The number of pyridine rings is 1. The lowest BCUT2D eigenvalue weighted by atomic mass is 10.3. The van der Waals surface area contributed by atoms with Gasteiger partial charge in [-0.05, 0) is 30.3 Å². The van der Waals surface area contributed by atoms with Crippen LogP contribution < -0.4 is 5.32 Å². The molecule has 24 heavy (non-hydrogen) atoms. The van der Waals surface area contributed by atoms with Gasteiger partial charge >= 0.3 is 0 Å². The Morgan fingerprint density at radius 3 is 2.92 bits per heavy atom. The zero-order valence-corrected chi connectivity index (χ0v) is 14.2. The summed E-state index contributed by atoms with van der Waals surface area (Å²) in [7, 11) is 0. The molecule has 1 amide bonds. The maximum Gasteiger partial charge on any atom is 0.212 e. The molecule has 3 rings (SSSR count). The Morgan fingerprint density at radius 2 is 2.17 bits per heavy atom. The van der Waals surface area contributed by atoms with Gasteiger partial charge in [-0.3, -0.25) is 14.6 Å². The van der Waals surface area contributed by atoms with Gasteiger partial charge in [0.2, 0.25) is 6.41 Å². The molecule has 1 atom stereocenters. The van der Waals surface area contributed by atoms with E-state index in [-0.39, 0.29) is 0 Å². The average molecular weight is 367 g/mol. The van der Waals surface area contributed by atoms with Crippen molar-refractivity contribution in [2.24, 2.45) is 0 Å². The van der Waals surface area contributed by atoms with Crippen LogP contribution in [-0.2, 0) is 16.2 Å². The van der Waals surface area contributed by atoms with Gasteiger partial charge in [-0.2, -0.15) is 0 Å². The van der Waals surface area contributed by atoms with Gasteiger partial charge in [-0.25, -0.2) is 0 Å². The van der Waals surface area contributed by atoms with E-state index >= 15 is 0 Å². The van der Waals surface area contributed by atoms with E-state index in [1.807, 2.05) is 18.2 Å². The highest BCUT2D eigenvalue weighted by Crippen LogP contribution is 2.28. The van der Waals surface area contributed by atoms with Crippen LogP contribution in [0, 0.1) is 0 Å². The van der Waals surface area contributed by atoms with Crippen LogP contribution in [0.3, 0.4) is 0 Å². The quantitative estimate of drug-likeness (QED) is 0.796. The molecule has 0 bridgehead atoms. The molecule has 0 aliphatic carbocycles. The van der Waals surface area contributed by atoms with Crippen LogP contribution in [0.5, 0.6) is 0 Å². The Kier molecular flexibility index (Phi) is 5.52. The molecule has 2 aromatic rings. The number of rotatable bonds is 6. The highest BCUT2D eigenvalue weighted by Gasteiger charge is 2.32. The summed E-state index contributed by atoms with van der Waals surface area (Å²) in [6.07, 6.45) is 2.02. The molecule has 1 aliphatic heterocycles. The third kappa shape index (κ3) is 3.96. The molecule has 1 N–H and O–H groups in total. The van der Waals surface area contributed by atoms with E-state index in [2.05, 4.69) is 10.3 Å². The van der Waals surface area contributed by atoms with E-state index in [0.29, 0.717) is 35.4 Å². The second kappa shape index (κ2) is 7.81. The maximum atomic E-state index is 11.3. The Balaban J connectivity index is 1.71. The number of hydroxylamine groups is 2. The fraction of sp³-hybridized carbons (Fsp3) is 0.250.